The fourth-order valence-electron chi connectivity index (χ4n) is 4.43. The van der Waals surface area contributed by atoms with Crippen molar-refractivity contribution < 1.29 is 37.3 Å². The Labute approximate surface area is 231 Å². The molecule has 16 heteroatoms. The zero-order chi connectivity index (χ0) is 29.0. The molecular formula is C25H27F3N8O5. The maximum atomic E-state index is 12.5. The average molecular weight is 577 g/mol. The van der Waals surface area contributed by atoms with E-state index >= 15 is 0 Å². The van der Waals surface area contributed by atoms with Gasteiger partial charge in [-0.1, -0.05) is 0 Å². The zero-order valence-electron chi connectivity index (χ0n) is 21.9. The highest BCUT2D eigenvalue weighted by molar-refractivity contribution is 5.83. The number of alkyl halides is 3. The van der Waals surface area contributed by atoms with Gasteiger partial charge in [-0.2, -0.15) is 0 Å². The van der Waals surface area contributed by atoms with Crippen LogP contribution in [0, 0.1) is 0 Å². The summed E-state index contributed by atoms with van der Waals surface area (Å²) in [5, 5.41) is 16.4. The van der Waals surface area contributed by atoms with Crippen LogP contribution in [0.2, 0.25) is 0 Å². The SMILES string of the molecule is COc1cc(OCCN2CCN(CCc3nnc(C(=O)O)[nH]3)CC2)cnc1-c1nc2cc(OC(F)(F)F)ccc2[nH]1. The van der Waals surface area contributed by atoms with Crippen molar-refractivity contribution in [2.45, 2.75) is 12.8 Å². The highest BCUT2D eigenvalue weighted by atomic mass is 19.4. The number of H-pyrrole nitrogens is 2. The Kier molecular flexibility index (Phi) is 8.21. The molecule has 1 aliphatic rings. The number of hydrogen-bond donors (Lipinski definition) is 3. The van der Waals surface area contributed by atoms with Crippen molar-refractivity contribution in [3.8, 4) is 28.8 Å². The topological polar surface area (TPSA) is 155 Å². The lowest BCUT2D eigenvalue weighted by Gasteiger charge is -2.34. The molecule has 4 aromatic rings. The first kappa shape index (κ1) is 28.1. The van der Waals surface area contributed by atoms with E-state index in [1.54, 1.807) is 12.3 Å². The number of benzene rings is 1. The molecule has 1 fully saturated rings. The molecule has 0 aliphatic carbocycles. The van der Waals surface area contributed by atoms with E-state index < -0.39 is 12.3 Å². The van der Waals surface area contributed by atoms with Gasteiger partial charge in [-0.25, -0.2) is 14.8 Å². The van der Waals surface area contributed by atoms with E-state index in [1.165, 1.54) is 25.3 Å². The van der Waals surface area contributed by atoms with Crippen molar-refractivity contribution in [1.82, 2.24) is 39.9 Å². The molecule has 41 heavy (non-hydrogen) atoms. The molecule has 4 heterocycles. The van der Waals surface area contributed by atoms with Gasteiger partial charge < -0.3 is 34.2 Å². The number of carboxylic acids is 1. The minimum atomic E-state index is -4.79. The van der Waals surface area contributed by atoms with Gasteiger partial charge in [0.15, 0.2) is 11.6 Å². The first-order valence-electron chi connectivity index (χ1n) is 12.7. The molecule has 0 radical (unpaired) electrons. The van der Waals surface area contributed by atoms with Crippen LogP contribution in [0.5, 0.6) is 17.2 Å². The summed E-state index contributed by atoms with van der Waals surface area (Å²) in [5.41, 5.74) is 1.19. The molecule has 218 valence electrons. The van der Waals surface area contributed by atoms with Crippen LogP contribution in [-0.4, -0.2) is 110 Å². The van der Waals surface area contributed by atoms with E-state index in [0.29, 0.717) is 53.9 Å². The van der Waals surface area contributed by atoms with Gasteiger partial charge in [0.25, 0.3) is 0 Å². The van der Waals surface area contributed by atoms with Crippen LogP contribution in [0.4, 0.5) is 13.2 Å². The number of nitrogens with one attached hydrogen (secondary N) is 2. The van der Waals surface area contributed by atoms with E-state index in [-0.39, 0.29) is 17.1 Å². The lowest BCUT2D eigenvalue weighted by Crippen LogP contribution is -2.47. The van der Waals surface area contributed by atoms with Gasteiger partial charge in [0, 0.05) is 57.8 Å². The number of aromatic carboxylic acids is 1. The van der Waals surface area contributed by atoms with Crippen LogP contribution < -0.4 is 14.2 Å². The van der Waals surface area contributed by atoms with E-state index in [2.05, 4.69) is 44.7 Å². The standard InChI is InChI=1S/C25H27F3N8O5/c1-39-19-13-16(14-29-21(19)22-30-17-3-2-15(12-18(17)31-22)41-25(26,27)28)40-11-10-36-8-6-35(7-9-36)5-4-20-32-23(24(37)38)34-33-20/h2-3,12-14H,4-11H2,1H3,(H,30,31)(H,37,38)(H,32,33,34). The number of rotatable bonds is 11. The lowest BCUT2D eigenvalue weighted by molar-refractivity contribution is -0.274. The third-order valence-corrected chi connectivity index (χ3v) is 6.50. The number of carboxylic acid groups (broad SMARTS) is 1. The van der Waals surface area contributed by atoms with Crippen LogP contribution in [0.3, 0.4) is 0 Å². The summed E-state index contributed by atoms with van der Waals surface area (Å²) in [6, 6.07) is 5.53. The van der Waals surface area contributed by atoms with E-state index in [0.717, 1.165) is 32.7 Å². The van der Waals surface area contributed by atoms with Crippen molar-refractivity contribution in [3.63, 3.8) is 0 Å². The quantitative estimate of drug-likeness (QED) is 0.241. The monoisotopic (exact) mass is 576 g/mol. The fourth-order valence-corrected chi connectivity index (χ4v) is 4.43. The number of ether oxygens (including phenoxy) is 3. The minimum Gasteiger partial charge on any atom is -0.494 e. The minimum absolute atomic E-state index is 0.154. The fraction of sp³-hybridized carbons (Fsp3) is 0.400. The van der Waals surface area contributed by atoms with Crippen LogP contribution in [0.15, 0.2) is 30.5 Å². The number of carbonyl (C=O) groups is 1. The van der Waals surface area contributed by atoms with Crippen molar-refractivity contribution in [3.05, 3.63) is 42.1 Å². The first-order chi connectivity index (χ1) is 19.7. The molecule has 0 spiro atoms. The van der Waals surface area contributed by atoms with E-state index in [1.807, 2.05) is 0 Å². The summed E-state index contributed by atoms with van der Waals surface area (Å²) in [7, 11) is 1.48. The van der Waals surface area contributed by atoms with Crippen molar-refractivity contribution in [2.75, 3.05) is 53.0 Å². The second kappa shape index (κ2) is 12.0. The summed E-state index contributed by atoms with van der Waals surface area (Å²) >= 11 is 0. The second-order valence-electron chi connectivity index (χ2n) is 9.24. The number of piperazine rings is 1. The smallest absolute Gasteiger partial charge is 0.494 e. The molecule has 5 rings (SSSR count). The van der Waals surface area contributed by atoms with Gasteiger partial charge in [-0.3, -0.25) is 4.90 Å². The Bertz CT molecular complexity index is 1500. The Hall–Kier alpha value is -4.44. The average Bonchev–Trinajstić information content (AvgIpc) is 3.59. The predicted molar refractivity (Wildman–Crippen MR) is 138 cm³/mol. The Morgan fingerprint density at radius 2 is 1.80 bits per heavy atom. The zero-order valence-corrected chi connectivity index (χ0v) is 21.9. The molecular weight excluding hydrogens is 549 g/mol. The third kappa shape index (κ3) is 7.20. The van der Waals surface area contributed by atoms with Crippen molar-refractivity contribution in [1.29, 1.82) is 0 Å². The third-order valence-electron chi connectivity index (χ3n) is 6.50. The van der Waals surface area contributed by atoms with Gasteiger partial charge in [0.1, 0.15) is 29.6 Å². The molecule has 0 bridgehead atoms. The highest BCUT2D eigenvalue weighted by Crippen LogP contribution is 2.32. The number of nitrogens with zero attached hydrogens (tertiary/aromatic N) is 6. The number of halogens is 3. The number of pyridine rings is 1. The van der Waals surface area contributed by atoms with Gasteiger partial charge in [-0.15, -0.1) is 23.4 Å². The molecule has 0 atom stereocenters. The number of aromatic amines is 2. The normalized spacial score (nSPS) is 14.8. The summed E-state index contributed by atoms with van der Waals surface area (Å²) in [6.45, 7) is 5.37. The Morgan fingerprint density at radius 1 is 1.05 bits per heavy atom. The van der Waals surface area contributed by atoms with Crippen LogP contribution >= 0.6 is 0 Å². The molecule has 3 N–H and O–H groups in total. The van der Waals surface area contributed by atoms with E-state index in [9.17, 15) is 18.0 Å². The maximum absolute atomic E-state index is 12.5. The maximum Gasteiger partial charge on any atom is 0.573 e. The van der Waals surface area contributed by atoms with Crippen LogP contribution in [0.25, 0.3) is 22.6 Å². The Morgan fingerprint density at radius 3 is 2.49 bits per heavy atom. The van der Waals surface area contributed by atoms with Gasteiger partial charge in [0.2, 0.25) is 5.82 Å². The van der Waals surface area contributed by atoms with Gasteiger partial charge in [0.05, 0.1) is 24.3 Å². The Balaban J connectivity index is 1.11. The van der Waals surface area contributed by atoms with Crippen molar-refractivity contribution >= 4 is 17.0 Å². The number of aromatic nitrogens is 6. The molecule has 0 amide bonds. The number of fused-ring (bicyclic) bond motifs is 1. The van der Waals surface area contributed by atoms with Crippen LogP contribution in [-0.2, 0) is 6.42 Å². The van der Waals surface area contributed by atoms with E-state index in [4.69, 9.17) is 14.6 Å². The summed E-state index contributed by atoms with van der Waals surface area (Å²) in [6.07, 6.45) is -2.66. The highest BCUT2D eigenvalue weighted by Gasteiger charge is 2.31. The first-order valence-corrected chi connectivity index (χ1v) is 12.7. The summed E-state index contributed by atoms with van der Waals surface area (Å²) < 4.78 is 53.0. The molecule has 13 nitrogen and oxygen atoms in total. The van der Waals surface area contributed by atoms with Crippen LogP contribution in [0.1, 0.15) is 16.4 Å². The largest absolute Gasteiger partial charge is 0.573 e. The molecule has 1 saturated heterocycles. The molecule has 1 aromatic carbocycles. The molecule has 0 unspecified atom stereocenters. The molecule has 1 aliphatic heterocycles. The second-order valence-corrected chi connectivity index (χ2v) is 9.24. The number of hydrogen-bond acceptors (Lipinski definition) is 10. The molecule has 0 saturated carbocycles. The molecule has 3 aromatic heterocycles. The number of methoxy groups -OCH3 is 1. The van der Waals surface area contributed by atoms with Gasteiger partial charge in [-0.05, 0) is 12.1 Å². The lowest BCUT2D eigenvalue weighted by atomic mass is 10.3. The van der Waals surface area contributed by atoms with Gasteiger partial charge >= 0.3 is 12.3 Å². The summed E-state index contributed by atoms with van der Waals surface area (Å²) in [5.74, 6) is 0.137. The van der Waals surface area contributed by atoms with Crippen molar-refractivity contribution in [2.24, 2.45) is 0 Å². The predicted octanol–water partition coefficient (Wildman–Crippen LogP) is 2.59. The number of imidazole rings is 1. The summed E-state index contributed by atoms with van der Waals surface area (Å²) in [4.78, 5) is 30.0.